The number of aryl methyl sites for hydroxylation is 1. The number of nitrogens with one attached hydrogen (secondary N) is 1. The number of allylic oxidation sites excluding steroid dienone is 2. The van der Waals surface area contributed by atoms with Crippen LogP contribution in [0.15, 0.2) is 71.3 Å². The van der Waals surface area contributed by atoms with Crippen molar-refractivity contribution < 1.29 is 4.74 Å². The standard InChI is InChI=1S/C26H30N4OS2/c1-5-25(19(3)14-20(4)30-12-13-31-17-32-30)33-29-22-11-10-18(2)23(15-22)26-27-16-21-8-6-7-9-24(21)28-26/h5-11,14-16,20,29H,12-13,17H2,1-4H3/b19-14-,25-5+. The van der Waals surface area contributed by atoms with Crippen molar-refractivity contribution in [3.05, 3.63) is 76.9 Å². The van der Waals surface area contributed by atoms with Crippen LogP contribution in [0, 0.1) is 6.92 Å². The minimum atomic E-state index is 0.352. The monoisotopic (exact) mass is 478 g/mol. The molecule has 1 N–H and O–H groups in total. The van der Waals surface area contributed by atoms with Crippen LogP contribution < -0.4 is 4.72 Å². The van der Waals surface area contributed by atoms with Crippen LogP contribution in [0.2, 0.25) is 0 Å². The molecule has 0 spiro atoms. The zero-order valence-electron chi connectivity index (χ0n) is 19.5. The Morgan fingerprint density at radius 2 is 2.12 bits per heavy atom. The van der Waals surface area contributed by atoms with Gasteiger partial charge in [-0.2, -0.15) is 0 Å². The summed E-state index contributed by atoms with van der Waals surface area (Å²) in [6, 6.07) is 14.8. The van der Waals surface area contributed by atoms with E-state index in [0.29, 0.717) is 6.04 Å². The van der Waals surface area contributed by atoms with Gasteiger partial charge in [0.1, 0.15) is 5.94 Å². The highest BCUT2D eigenvalue weighted by molar-refractivity contribution is 8.04. The SMILES string of the molecule is C/C=C(SNc1ccc(C)c(-c2ncc3ccccc3n2)c1)\C(C)=C/C(C)N1CCOCS1. The lowest BCUT2D eigenvalue weighted by molar-refractivity contribution is 0.143. The molecule has 7 heteroatoms. The van der Waals surface area contributed by atoms with E-state index >= 15 is 0 Å². The summed E-state index contributed by atoms with van der Waals surface area (Å²) in [6.07, 6.45) is 6.38. The minimum absolute atomic E-state index is 0.352. The number of ether oxygens (including phenoxy) is 1. The van der Waals surface area contributed by atoms with Crippen molar-refractivity contribution in [1.29, 1.82) is 0 Å². The smallest absolute Gasteiger partial charge is 0.160 e. The largest absolute Gasteiger partial charge is 0.368 e. The van der Waals surface area contributed by atoms with Crippen molar-refractivity contribution in [3.8, 4) is 11.4 Å². The van der Waals surface area contributed by atoms with Crippen LogP contribution >= 0.6 is 23.9 Å². The fourth-order valence-corrected chi connectivity index (χ4v) is 5.27. The molecule has 0 amide bonds. The third-order valence-electron chi connectivity index (χ3n) is 5.60. The molecular formula is C26H30N4OS2. The molecule has 1 aromatic heterocycles. The van der Waals surface area contributed by atoms with E-state index in [1.807, 2.05) is 30.5 Å². The lowest BCUT2D eigenvalue weighted by Crippen LogP contribution is -2.33. The van der Waals surface area contributed by atoms with Gasteiger partial charge in [-0.3, -0.25) is 0 Å². The number of nitrogens with zero attached hydrogens (tertiary/aromatic N) is 3. The fourth-order valence-electron chi connectivity index (χ4n) is 3.74. The van der Waals surface area contributed by atoms with E-state index in [4.69, 9.17) is 9.72 Å². The Morgan fingerprint density at radius 1 is 1.27 bits per heavy atom. The molecule has 0 aliphatic carbocycles. The normalized spacial score (nSPS) is 16.7. The quantitative estimate of drug-likeness (QED) is 0.295. The predicted molar refractivity (Wildman–Crippen MR) is 143 cm³/mol. The highest BCUT2D eigenvalue weighted by Crippen LogP contribution is 2.31. The molecule has 1 aliphatic rings. The van der Waals surface area contributed by atoms with Gasteiger partial charge in [0.2, 0.25) is 0 Å². The molecule has 2 aromatic carbocycles. The zero-order chi connectivity index (χ0) is 23.2. The molecule has 1 saturated heterocycles. The molecule has 1 unspecified atom stereocenters. The first-order valence-corrected chi connectivity index (χ1v) is 12.9. The highest BCUT2D eigenvalue weighted by atomic mass is 32.2. The first-order valence-electron chi connectivity index (χ1n) is 11.1. The summed E-state index contributed by atoms with van der Waals surface area (Å²) in [7, 11) is 0. The van der Waals surface area contributed by atoms with E-state index in [2.05, 4.69) is 72.1 Å². The van der Waals surface area contributed by atoms with Crippen LogP contribution in [0.25, 0.3) is 22.3 Å². The predicted octanol–water partition coefficient (Wildman–Crippen LogP) is 6.84. The van der Waals surface area contributed by atoms with Crippen LogP contribution in [0.5, 0.6) is 0 Å². The van der Waals surface area contributed by atoms with Gasteiger partial charge >= 0.3 is 0 Å². The van der Waals surface area contributed by atoms with Crippen molar-refractivity contribution >= 4 is 40.5 Å². The van der Waals surface area contributed by atoms with Crippen LogP contribution in [0.1, 0.15) is 26.3 Å². The Hall–Kier alpha value is -2.32. The van der Waals surface area contributed by atoms with Crippen LogP contribution in [0.3, 0.4) is 0 Å². The molecule has 1 aliphatic heterocycles. The molecule has 33 heavy (non-hydrogen) atoms. The second-order valence-corrected chi connectivity index (χ2v) is 9.84. The van der Waals surface area contributed by atoms with Crippen molar-refractivity contribution in [2.75, 3.05) is 23.8 Å². The minimum Gasteiger partial charge on any atom is -0.368 e. The number of para-hydroxylation sites is 1. The Morgan fingerprint density at radius 3 is 2.91 bits per heavy atom. The van der Waals surface area contributed by atoms with Gasteiger partial charge in [0, 0.05) is 40.3 Å². The third-order valence-corrected chi connectivity index (χ3v) is 7.83. The van der Waals surface area contributed by atoms with Gasteiger partial charge in [0.25, 0.3) is 0 Å². The number of aromatic nitrogens is 2. The molecule has 0 saturated carbocycles. The maximum atomic E-state index is 5.45. The zero-order valence-corrected chi connectivity index (χ0v) is 21.2. The maximum absolute atomic E-state index is 5.45. The number of hydrogen-bond acceptors (Lipinski definition) is 7. The van der Waals surface area contributed by atoms with Crippen molar-refractivity contribution in [1.82, 2.24) is 14.3 Å². The summed E-state index contributed by atoms with van der Waals surface area (Å²) in [5, 5.41) is 1.05. The number of fused-ring (bicyclic) bond motifs is 1. The Bertz CT molecular complexity index is 1170. The molecule has 5 nitrogen and oxygen atoms in total. The van der Waals surface area contributed by atoms with Crippen molar-refractivity contribution in [2.24, 2.45) is 0 Å². The summed E-state index contributed by atoms with van der Waals surface area (Å²) in [5.74, 6) is 1.49. The fraction of sp³-hybridized carbons (Fsp3) is 0.308. The van der Waals surface area contributed by atoms with Gasteiger partial charge in [-0.1, -0.05) is 36.4 Å². The summed E-state index contributed by atoms with van der Waals surface area (Å²) >= 11 is 3.39. The Balaban J connectivity index is 1.47. The van der Waals surface area contributed by atoms with Gasteiger partial charge in [-0.15, -0.1) is 0 Å². The molecule has 2 heterocycles. The molecular weight excluding hydrogens is 448 g/mol. The van der Waals surface area contributed by atoms with E-state index in [1.54, 1.807) is 23.9 Å². The maximum Gasteiger partial charge on any atom is 0.160 e. The molecule has 0 bridgehead atoms. The molecule has 172 valence electrons. The van der Waals surface area contributed by atoms with E-state index in [1.165, 1.54) is 10.5 Å². The van der Waals surface area contributed by atoms with Gasteiger partial charge < -0.3 is 9.46 Å². The summed E-state index contributed by atoms with van der Waals surface area (Å²) in [4.78, 5) is 10.6. The third kappa shape index (κ3) is 5.98. The van der Waals surface area contributed by atoms with Crippen LogP contribution in [0.4, 0.5) is 5.69 Å². The number of hydrogen-bond donors (Lipinski definition) is 1. The molecule has 3 aromatic rings. The first-order chi connectivity index (χ1) is 16.0. The Kier molecular flexibility index (Phi) is 8.09. The average Bonchev–Trinajstić information content (AvgIpc) is 2.85. The molecule has 1 atom stereocenters. The van der Waals surface area contributed by atoms with Gasteiger partial charge in [-0.25, -0.2) is 14.3 Å². The van der Waals surface area contributed by atoms with E-state index in [0.717, 1.165) is 52.6 Å². The van der Waals surface area contributed by atoms with Crippen LogP contribution in [-0.4, -0.2) is 39.4 Å². The Labute approximate surface area is 205 Å². The topological polar surface area (TPSA) is 50.3 Å². The summed E-state index contributed by atoms with van der Waals surface area (Å²) in [5.41, 5.74) is 5.44. The van der Waals surface area contributed by atoms with E-state index in [-0.39, 0.29) is 0 Å². The lowest BCUT2D eigenvalue weighted by atomic mass is 10.1. The number of anilines is 1. The van der Waals surface area contributed by atoms with Crippen molar-refractivity contribution in [2.45, 2.75) is 33.7 Å². The van der Waals surface area contributed by atoms with Gasteiger partial charge in [0.05, 0.1) is 12.1 Å². The summed E-state index contributed by atoms with van der Waals surface area (Å²) < 4.78 is 11.3. The summed E-state index contributed by atoms with van der Waals surface area (Å²) in [6.45, 7) is 10.3. The van der Waals surface area contributed by atoms with Crippen molar-refractivity contribution in [3.63, 3.8) is 0 Å². The number of benzene rings is 2. The highest BCUT2D eigenvalue weighted by Gasteiger charge is 2.17. The van der Waals surface area contributed by atoms with Gasteiger partial charge in [-0.05, 0) is 80.9 Å². The van der Waals surface area contributed by atoms with E-state index < -0.39 is 0 Å². The number of rotatable bonds is 7. The van der Waals surface area contributed by atoms with Gasteiger partial charge in [0.15, 0.2) is 5.82 Å². The second-order valence-electron chi connectivity index (χ2n) is 8.03. The molecule has 1 fully saturated rings. The van der Waals surface area contributed by atoms with E-state index in [9.17, 15) is 0 Å². The average molecular weight is 479 g/mol. The lowest BCUT2D eigenvalue weighted by Gasteiger charge is -2.29. The molecule has 0 radical (unpaired) electrons. The molecule has 4 rings (SSSR count). The van der Waals surface area contributed by atoms with Crippen LogP contribution in [-0.2, 0) is 4.74 Å². The second kappa shape index (κ2) is 11.2. The first kappa shape index (κ1) is 23.8.